The summed E-state index contributed by atoms with van der Waals surface area (Å²) in [6.07, 6.45) is 2.55. The van der Waals surface area contributed by atoms with Crippen LogP contribution in [0.3, 0.4) is 0 Å². The molecule has 3 heteroatoms. The van der Waals surface area contributed by atoms with E-state index in [0.717, 1.165) is 19.0 Å². The standard InChI is InChI=1S/C22H24N2O/c23-22(25)20-17-9-5-4-8-16(17)18-15-10-12-24(13-11-15)21(18)19(20)14-6-2-1-3-7-14/h1-9,15,18-21H,10-13H2,(H2,23,25)/t18-,19-,20+,21-/m1/s1. The lowest BCUT2D eigenvalue weighted by Crippen LogP contribution is -2.59. The first-order valence-electron chi connectivity index (χ1n) is 9.43. The van der Waals surface area contributed by atoms with Crippen molar-refractivity contribution in [2.24, 2.45) is 11.7 Å². The van der Waals surface area contributed by atoms with E-state index in [9.17, 15) is 4.79 Å². The first kappa shape index (κ1) is 15.2. The summed E-state index contributed by atoms with van der Waals surface area (Å²) in [5.41, 5.74) is 9.76. The van der Waals surface area contributed by atoms with Crippen molar-refractivity contribution >= 4 is 5.91 Å². The molecule has 4 atom stereocenters. The molecule has 0 saturated carbocycles. The van der Waals surface area contributed by atoms with Gasteiger partial charge in [-0.25, -0.2) is 0 Å². The molecule has 1 amide bonds. The van der Waals surface area contributed by atoms with Crippen LogP contribution in [0.2, 0.25) is 0 Å². The molecule has 6 rings (SSSR count). The molecule has 128 valence electrons. The third-order valence-electron chi connectivity index (χ3n) is 6.78. The van der Waals surface area contributed by atoms with E-state index in [0.29, 0.717) is 12.0 Å². The quantitative estimate of drug-likeness (QED) is 0.918. The predicted octanol–water partition coefficient (Wildman–Crippen LogP) is 3.23. The molecule has 0 radical (unpaired) electrons. The minimum atomic E-state index is -0.237. The Morgan fingerprint density at radius 1 is 0.880 bits per heavy atom. The molecule has 0 spiro atoms. The van der Waals surface area contributed by atoms with E-state index in [1.807, 2.05) is 6.07 Å². The summed E-state index contributed by atoms with van der Waals surface area (Å²) in [5, 5.41) is 0. The predicted molar refractivity (Wildman–Crippen MR) is 98.4 cm³/mol. The second kappa shape index (κ2) is 5.70. The van der Waals surface area contributed by atoms with Crippen LogP contribution in [-0.4, -0.2) is 29.9 Å². The van der Waals surface area contributed by atoms with E-state index >= 15 is 0 Å². The number of amides is 1. The summed E-state index contributed by atoms with van der Waals surface area (Å²) in [7, 11) is 0. The Bertz CT molecular complexity index is 795. The van der Waals surface area contributed by atoms with Crippen LogP contribution in [0.1, 0.15) is 47.3 Å². The average Bonchev–Trinajstić information content (AvgIpc) is 2.68. The fourth-order valence-corrected chi connectivity index (χ4v) is 5.85. The number of nitrogens with two attached hydrogens (primary N) is 1. The summed E-state index contributed by atoms with van der Waals surface area (Å²) in [4.78, 5) is 15.2. The van der Waals surface area contributed by atoms with Gasteiger partial charge in [0.15, 0.2) is 0 Å². The van der Waals surface area contributed by atoms with Gasteiger partial charge in [0.25, 0.3) is 0 Å². The van der Waals surface area contributed by atoms with Crippen LogP contribution < -0.4 is 5.73 Å². The van der Waals surface area contributed by atoms with Gasteiger partial charge < -0.3 is 5.73 Å². The lowest BCUT2D eigenvalue weighted by molar-refractivity contribution is -0.121. The first-order chi connectivity index (χ1) is 12.3. The molecule has 3 heterocycles. The zero-order valence-electron chi connectivity index (χ0n) is 14.3. The third kappa shape index (κ3) is 2.18. The number of rotatable bonds is 2. The highest BCUT2D eigenvalue weighted by Gasteiger charge is 2.53. The Kier molecular flexibility index (Phi) is 3.46. The van der Waals surface area contributed by atoms with Crippen LogP contribution in [0.4, 0.5) is 0 Å². The van der Waals surface area contributed by atoms with E-state index in [1.165, 1.54) is 29.5 Å². The molecule has 3 saturated heterocycles. The minimum absolute atomic E-state index is 0.154. The summed E-state index contributed by atoms with van der Waals surface area (Å²) in [6, 6.07) is 19.5. The van der Waals surface area contributed by atoms with E-state index in [-0.39, 0.29) is 17.7 Å². The van der Waals surface area contributed by atoms with Gasteiger partial charge in [0.2, 0.25) is 5.91 Å². The summed E-state index contributed by atoms with van der Waals surface area (Å²) >= 11 is 0. The van der Waals surface area contributed by atoms with Gasteiger partial charge in [0.05, 0.1) is 5.92 Å². The summed E-state index contributed by atoms with van der Waals surface area (Å²) in [5.74, 6) is 0.985. The molecule has 1 aliphatic carbocycles. The summed E-state index contributed by atoms with van der Waals surface area (Å²) < 4.78 is 0. The molecule has 2 aromatic carbocycles. The highest BCUT2D eigenvalue weighted by atomic mass is 16.1. The molecule has 25 heavy (non-hydrogen) atoms. The van der Waals surface area contributed by atoms with Gasteiger partial charge >= 0.3 is 0 Å². The Hall–Kier alpha value is -2.13. The molecule has 2 aromatic rings. The average molecular weight is 332 g/mol. The number of piperidine rings is 3. The fourth-order valence-electron chi connectivity index (χ4n) is 5.85. The van der Waals surface area contributed by atoms with Crippen molar-refractivity contribution in [3.8, 4) is 0 Å². The number of hydrogen-bond donors (Lipinski definition) is 1. The maximum atomic E-state index is 12.6. The number of primary amides is 1. The van der Waals surface area contributed by atoms with Crippen LogP contribution in [0.5, 0.6) is 0 Å². The van der Waals surface area contributed by atoms with Crippen molar-refractivity contribution < 1.29 is 4.79 Å². The smallest absolute Gasteiger partial charge is 0.225 e. The summed E-state index contributed by atoms with van der Waals surface area (Å²) in [6.45, 7) is 2.31. The third-order valence-corrected chi connectivity index (χ3v) is 6.78. The van der Waals surface area contributed by atoms with Gasteiger partial charge in [0, 0.05) is 17.9 Å². The highest BCUT2D eigenvalue weighted by molar-refractivity contribution is 5.84. The first-order valence-corrected chi connectivity index (χ1v) is 9.43. The molecular formula is C22H24N2O. The van der Waals surface area contributed by atoms with Crippen LogP contribution in [0.25, 0.3) is 0 Å². The van der Waals surface area contributed by atoms with E-state index < -0.39 is 0 Å². The van der Waals surface area contributed by atoms with E-state index in [1.54, 1.807) is 0 Å². The lowest BCUT2D eigenvalue weighted by Gasteiger charge is -2.58. The number of fused-ring (bicyclic) bond motifs is 3. The monoisotopic (exact) mass is 332 g/mol. The lowest BCUT2D eigenvalue weighted by atomic mass is 9.57. The zero-order chi connectivity index (χ0) is 17.0. The van der Waals surface area contributed by atoms with Gasteiger partial charge in [-0.2, -0.15) is 0 Å². The maximum absolute atomic E-state index is 12.6. The van der Waals surface area contributed by atoms with Gasteiger partial charge in [-0.15, -0.1) is 0 Å². The molecule has 2 bridgehead atoms. The number of benzene rings is 2. The SMILES string of the molecule is NC(=O)[C@H]1c2ccccc2[C@H]2C3CCN(CC3)[C@H]2[C@@H]1c1ccccc1. The zero-order valence-corrected chi connectivity index (χ0v) is 14.3. The van der Waals surface area contributed by atoms with Crippen molar-refractivity contribution in [2.75, 3.05) is 13.1 Å². The Balaban J connectivity index is 1.74. The van der Waals surface area contributed by atoms with Gasteiger partial charge in [-0.05, 0) is 48.5 Å². The van der Waals surface area contributed by atoms with Gasteiger partial charge in [0.1, 0.15) is 0 Å². The van der Waals surface area contributed by atoms with E-state index in [2.05, 4.69) is 53.4 Å². The normalized spacial score (nSPS) is 35.7. The second-order valence-electron chi connectivity index (χ2n) is 7.84. The molecule has 0 aromatic heterocycles. The van der Waals surface area contributed by atoms with Gasteiger partial charge in [-0.3, -0.25) is 9.69 Å². The Morgan fingerprint density at radius 2 is 1.52 bits per heavy atom. The molecule has 4 aliphatic rings. The number of hydrogen-bond acceptors (Lipinski definition) is 2. The minimum Gasteiger partial charge on any atom is -0.369 e. The fraction of sp³-hybridized carbons (Fsp3) is 0.409. The molecule has 3 fully saturated rings. The molecule has 3 nitrogen and oxygen atoms in total. The maximum Gasteiger partial charge on any atom is 0.225 e. The van der Waals surface area contributed by atoms with Crippen molar-refractivity contribution in [2.45, 2.75) is 36.6 Å². The topological polar surface area (TPSA) is 46.3 Å². The van der Waals surface area contributed by atoms with Crippen LogP contribution in [0, 0.1) is 5.92 Å². The van der Waals surface area contributed by atoms with Crippen molar-refractivity contribution in [3.63, 3.8) is 0 Å². The van der Waals surface area contributed by atoms with Gasteiger partial charge in [-0.1, -0.05) is 54.6 Å². The van der Waals surface area contributed by atoms with Crippen LogP contribution in [0.15, 0.2) is 54.6 Å². The number of carbonyl (C=O) groups excluding carboxylic acids is 1. The van der Waals surface area contributed by atoms with Crippen molar-refractivity contribution in [1.29, 1.82) is 0 Å². The molecular weight excluding hydrogens is 308 g/mol. The molecule has 3 aliphatic heterocycles. The van der Waals surface area contributed by atoms with Crippen molar-refractivity contribution in [3.05, 3.63) is 71.3 Å². The Labute approximate surface area is 148 Å². The molecule has 0 unspecified atom stereocenters. The van der Waals surface area contributed by atoms with E-state index in [4.69, 9.17) is 5.73 Å². The highest BCUT2D eigenvalue weighted by Crippen LogP contribution is 2.56. The van der Waals surface area contributed by atoms with Crippen LogP contribution >= 0.6 is 0 Å². The van der Waals surface area contributed by atoms with Crippen LogP contribution in [-0.2, 0) is 4.79 Å². The number of nitrogens with zero attached hydrogens (tertiary/aromatic N) is 1. The Morgan fingerprint density at radius 3 is 2.20 bits per heavy atom. The largest absolute Gasteiger partial charge is 0.369 e. The van der Waals surface area contributed by atoms with Crippen molar-refractivity contribution in [1.82, 2.24) is 4.90 Å². The number of carbonyl (C=O) groups is 1. The molecule has 2 N–H and O–H groups in total. The second-order valence-corrected chi connectivity index (χ2v) is 7.84.